The van der Waals surface area contributed by atoms with E-state index in [1.54, 1.807) is 20.0 Å². The summed E-state index contributed by atoms with van der Waals surface area (Å²) in [5.74, 6) is 0. The molecular formula is C15H22Cl2Ti. The Hall–Kier alpha value is 0.124. The molecule has 2 rings (SSSR count). The van der Waals surface area contributed by atoms with Crippen molar-refractivity contribution in [3.8, 4) is 0 Å². The van der Waals surface area contributed by atoms with Gasteiger partial charge in [0.1, 0.15) is 0 Å². The van der Waals surface area contributed by atoms with Gasteiger partial charge in [-0.25, -0.2) is 23.3 Å². The molecule has 3 heteroatoms. The Balaban J connectivity index is -0.000000200. The van der Waals surface area contributed by atoms with E-state index in [0.29, 0.717) is 0 Å². The minimum absolute atomic E-state index is 0. The van der Waals surface area contributed by atoms with Gasteiger partial charge in [0.05, 0.1) is 0 Å². The Labute approximate surface area is 136 Å². The topological polar surface area (TPSA) is 0 Å². The van der Waals surface area contributed by atoms with Crippen LogP contribution in [0.1, 0.15) is 40.5 Å². The Bertz CT molecular complexity index is 316. The molecule has 0 aromatic rings. The molecule has 0 saturated heterocycles. The van der Waals surface area contributed by atoms with Crippen molar-refractivity contribution in [3.63, 3.8) is 0 Å². The second-order valence-corrected chi connectivity index (χ2v) is 4.05. The van der Waals surface area contributed by atoms with Crippen LogP contribution in [0.3, 0.4) is 0 Å². The van der Waals surface area contributed by atoms with Crippen LogP contribution in [0.25, 0.3) is 0 Å². The molecule has 0 saturated carbocycles. The Kier molecular flexibility index (Phi) is 17.5. The van der Waals surface area contributed by atoms with Crippen LogP contribution >= 0.6 is 24.8 Å². The van der Waals surface area contributed by atoms with Gasteiger partial charge in [0, 0.05) is 0 Å². The monoisotopic (exact) mass is 320 g/mol. The van der Waals surface area contributed by atoms with Gasteiger partial charge >= 0.3 is 24.8 Å². The maximum atomic E-state index is 3.25. The van der Waals surface area contributed by atoms with Crippen molar-refractivity contribution in [1.29, 1.82) is 0 Å². The molecule has 0 radical (unpaired) electrons. The van der Waals surface area contributed by atoms with Crippen molar-refractivity contribution >= 4 is 29.6 Å². The fraction of sp³-hybridized carbons (Fsp3) is 0.400. The third-order valence-electron chi connectivity index (χ3n) is 2.22. The molecule has 0 nitrogen and oxygen atoms in total. The van der Waals surface area contributed by atoms with Gasteiger partial charge < -0.3 is 0 Å². The second-order valence-electron chi connectivity index (χ2n) is 4.05. The van der Waals surface area contributed by atoms with E-state index in [4.69, 9.17) is 0 Å². The third kappa shape index (κ3) is 11.2. The summed E-state index contributed by atoms with van der Waals surface area (Å²) in [5.41, 5.74) is 5.44. The first-order valence-electron chi connectivity index (χ1n) is 5.42. The summed E-state index contributed by atoms with van der Waals surface area (Å²) in [7, 11) is 0. The Morgan fingerprint density at radius 1 is 0.833 bits per heavy atom. The molecule has 0 fully saturated rings. The van der Waals surface area contributed by atoms with Crippen molar-refractivity contribution in [2.24, 2.45) is 0 Å². The zero-order valence-electron chi connectivity index (χ0n) is 11.6. The maximum absolute atomic E-state index is 3.25. The Morgan fingerprint density at radius 3 is 1.17 bits per heavy atom. The van der Waals surface area contributed by atoms with Gasteiger partial charge in [-0.1, -0.05) is 27.7 Å². The molecule has 0 atom stereocenters. The van der Waals surface area contributed by atoms with Crippen LogP contribution in [0.2, 0.25) is 0 Å². The van der Waals surface area contributed by atoms with Gasteiger partial charge in [0.15, 0.2) is 0 Å². The summed E-state index contributed by atoms with van der Waals surface area (Å²) in [5, 5.41) is 0. The standard InChI is InChI=1S/2C7H9.CH2.2ClH.Ti/c2*1-6-3-4-7(2)5-6;;;;/h2*5H,3H2,1-2H3;1H2;2*1H;/q2*-1;;;;+2. The predicted octanol–water partition coefficient (Wildman–Crippen LogP) is 4.98. The van der Waals surface area contributed by atoms with E-state index >= 15 is 0 Å². The Morgan fingerprint density at radius 2 is 1.11 bits per heavy atom. The molecule has 0 unspecified atom stereocenters. The average molecular weight is 321 g/mol. The average Bonchev–Trinajstić information content (AvgIpc) is 2.80. The SMILES string of the molecule is CC1=[C-]CC(C)=C1.CC1=[C-]CC(C)=C1.Cl.Cl.[CH2]=[Ti+2]. The summed E-state index contributed by atoms with van der Waals surface area (Å²) in [6.07, 6.45) is 12.8. The van der Waals surface area contributed by atoms with Crippen molar-refractivity contribution < 1.29 is 20.0 Å². The molecule has 0 amide bonds. The molecule has 0 aromatic carbocycles. The van der Waals surface area contributed by atoms with Gasteiger partial charge in [-0.2, -0.15) is 11.1 Å². The van der Waals surface area contributed by atoms with Gasteiger partial charge in [0.2, 0.25) is 0 Å². The van der Waals surface area contributed by atoms with Crippen LogP contribution in [0.5, 0.6) is 0 Å². The van der Waals surface area contributed by atoms with Crippen molar-refractivity contribution in [2.45, 2.75) is 40.5 Å². The third-order valence-corrected chi connectivity index (χ3v) is 2.22. The number of hydrogen-bond acceptors (Lipinski definition) is 0. The molecule has 2 aliphatic rings. The summed E-state index contributed by atoms with van der Waals surface area (Å²) in [6.45, 7) is 8.42. The van der Waals surface area contributed by atoms with E-state index in [0.717, 1.165) is 12.8 Å². The van der Waals surface area contributed by atoms with Crippen LogP contribution in [0.4, 0.5) is 0 Å². The summed E-state index contributed by atoms with van der Waals surface area (Å²) >= 11 is 1.75. The number of rotatable bonds is 0. The molecule has 0 bridgehead atoms. The van der Waals surface area contributed by atoms with E-state index < -0.39 is 0 Å². The molecule has 0 spiro atoms. The van der Waals surface area contributed by atoms with Crippen molar-refractivity contribution in [2.75, 3.05) is 0 Å². The van der Waals surface area contributed by atoms with E-state index in [1.807, 2.05) is 0 Å². The molecule has 18 heavy (non-hydrogen) atoms. The quantitative estimate of drug-likeness (QED) is 0.436. The van der Waals surface area contributed by atoms with Crippen LogP contribution < -0.4 is 0 Å². The van der Waals surface area contributed by atoms with E-state index in [-0.39, 0.29) is 24.8 Å². The van der Waals surface area contributed by atoms with Crippen molar-refractivity contribution in [1.82, 2.24) is 0 Å². The molecule has 2 aliphatic carbocycles. The summed E-state index contributed by atoms with van der Waals surface area (Å²) in [4.78, 5) is 3.25. The fourth-order valence-corrected chi connectivity index (χ4v) is 1.50. The second kappa shape index (κ2) is 13.6. The predicted molar refractivity (Wildman–Crippen MR) is 83.2 cm³/mol. The zero-order chi connectivity index (χ0) is 12.6. The first-order chi connectivity index (χ1) is 7.58. The fourth-order valence-electron chi connectivity index (χ4n) is 1.50. The van der Waals surface area contributed by atoms with Gasteiger partial charge in [-0.05, 0) is 0 Å². The van der Waals surface area contributed by atoms with Crippen molar-refractivity contribution in [3.05, 3.63) is 46.6 Å². The molecule has 0 aromatic heterocycles. The molecule has 0 N–H and O–H groups in total. The summed E-state index contributed by atoms with van der Waals surface area (Å²) in [6, 6.07) is 0. The molecular weight excluding hydrogens is 299 g/mol. The van der Waals surface area contributed by atoms with Crippen LogP contribution in [0.15, 0.2) is 34.4 Å². The van der Waals surface area contributed by atoms with Gasteiger partial charge in [0.25, 0.3) is 0 Å². The normalized spacial score (nSPS) is 15.2. The first kappa shape index (κ1) is 23.2. The van der Waals surface area contributed by atoms with Gasteiger partial charge in [-0.3, -0.25) is 12.2 Å². The first-order valence-corrected chi connectivity index (χ1v) is 6.53. The minimum atomic E-state index is 0. The molecule has 0 aliphatic heterocycles. The van der Waals surface area contributed by atoms with Crippen LogP contribution in [-0.4, -0.2) is 4.82 Å². The molecule has 100 valence electrons. The van der Waals surface area contributed by atoms with Crippen LogP contribution in [-0.2, 0) is 20.0 Å². The zero-order valence-corrected chi connectivity index (χ0v) is 14.8. The van der Waals surface area contributed by atoms with Crippen LogP contribution in [0, 0.1) is 12.2 Å². The number of allylic oxidation sites excluding steroid dienone is 8. The number of hydrogen-bond donors (Lipinski definition) is 0. The van der Waals surface area contributed by atoms with E-state index in [1.165, 1.54) is 22.3 Å². The summed E-state index contributed by atoms with van der Waals surface area (Å²) < 4.78 is 0. The van der Waals surface area contributed by atoms with E-state index in [9.17, 15) is 0 Å². The molecule has 0 heterocycles. The number of halogens is 2. The van der Waals surface area contributed by atoms with E-state index in [2.05, 4.69) is 56.8 Å². The van der Waals surface area contributed by atoms with Gasteiger partial charge in [-0.15, -0.1) is 37.7 Å².